The first-order valence-corrected chi connectivity index (χ1v) is 12.1. The lowest BCUT2D eigenvalue weighted by Gasteiger charge is -2.36. The van der Waals surface area contributed by atoms with Crippen LogP contribution in [0.2, 0.25) is 0 Å². The van der Waals surface area contributed by atoms with Crippen molar-refractivity contribution in [2.45, 2.75) is 25.8 Å². The Hall–Kier alpha value is -1.83. The number of amides is 2. The third kappa shape index (κ3) is 7.37. The molecule has 0 spiro atoms. The fourth-order valence-corrected chi connectivity index (χ4v) is 5.25. The number of nitrogens with zero attached hydrogens (tertiary/aromatic N) is 3. The van der Waals surface area contributed by atoms with Crippen molar-refractivity contribution in [2.24, 2.45) is 4.99 Å². The van der Waals surface area contributed by atoms with Crippen molar-refractivity contribution in [1.82, 2.24) is 20.4 Å². The maximum atomic E-state index is 12.4. The van der Waals surface area contributed by atoms with E-state index in [4.69, 9.17) is 4.42 Å². The Bertz CT molecular complexity index is 866. The second-order valence-corrected chi connectivity index (χ2v) is 9.64. The Balaban J connectivity index is 0.00000341. The summed E-state index contributed by atoms with van der Waals surface area (Å²) in [6.07, 6.45) is 2.16. The van der Waals surface area contributed by atoms with Crippen molar-refractivity contribution in [2.75, 3.05) is 50.8 Å². The standard InChI is InChI=1S/C19H29N5O5S.HI/c1-2-20-19(21-7-5-17(25)22-15-6-13-30(27,28)14-15)24-10-8-23(9-11-24)18(26)16-4-3-12-29-16;/h3-4,12,15H,2,5-11,13-14H2,1H3,(H,20,21)(H,22,25);1H. The molecular formula is C19H30IN5O5S. The van der Waals surface area contributed by atoms with Gasteiger partial charge in [-0.1, -0.05) is 0 Å². The molecule has 2 amide bonds. The van der Waals surface area contributed by atoms with Crippen molar-refractivity contribution >= 4 is 51.6 Å². The zero-order valence-electron chi connectivity index (χ0n) is 17.6. The Labute approximate surface area is 199 Å². The highest BCUT2D eigenvalue weighted by atomic mass is 127. The van der Waals surface area contributed by atoms with Crippen LogP contribution in [0.5, 0.6) is 0 Å². The van der Waals surface area contributed by atoms with Gasteiger partial charge in [0.2, 0.25) is 5.91 Å². The van der Waals surface area contributed by atoms with Crippen LogP contribution in [0, 0.1) is 0 Å². The molecule has 1 atom stereocenters. The fraction of sp³-hybridized carbons (Fsp3) is 0.632. The Kier molecular flexibility index (Phi) is 9.59. The summed E-state index contributed by atoms with van der Waals surface area (Å²) in [4.78, 5) is 32.8. The van der Waals surface area contributed by atoms with Crippen LogP contribution in [-0.2, 0) is 14.6 Å². The first-order chi connectivity index (χ1) is 14.4. The molecule has 2 saturated heterocycles. The third-order valence-corrected chi connectivity index (χ3v) is 6.90. The van der Waals surface area contributed by atoms with E-state index in [1.165, 1.54) is 6.26 Å². The monoisotopic (exact) mass is 567 g/mol. The molecule has 0 aliphatic carbocycles. The van der Waals surface area contributed by atoms with E-state index in [1.54, 1.807) is 17.0 Å². The molecule has 0 bridgehead atoms. The van der Waals surface area contributed by atoms with Crippen LogP contribution in [0.4, 0.5) is 0 Å². The number of hydrogen-bond acceptors (Lipinski definition) is 6. The average molecular weight is 567 g/mol. The SMILES string of the molecule is CCNC(=NCCC(=O)NC1CCS(=O)(=O)C1)N1CCN(C(=O)c2ccco2)CC1.I. The maximum Gasteiger partial charge on any atom is 0.289 e. The van der Waals surface area contributed by atoms with Crippen molar-refractivity contribution < 1.29 is 22.4 Å². The number of hydrogen-bond donors (Lipinski definition) is 2. The molecule has 1 aromatic rings. The molecule has 3 rings (SSSR count). The van der Waals surface area contributed by atoms with E-state index in [0.29, 0.717) is 57.4 Å². The van der Waals surface area contributed by atoms with E-state index in [2.05, 4.69) is 20.5 Å². The molecule has 12 heteroatoms. The predicted molar refractivity (Wildman–Crippen MR) is 127 cm³/mol. The van der Waals surface area contributed by atoms with Crippen LogP contribution >= 0.6 is 24.0 Å². The van der Waals surface area contributed by atoms with Gasteiger partial charge in [-0.15, -0.1) is 24.0 Å². The van der Waals surface area contributed by atoms with Gasteiger partial charge in [-0.05, 0) is 25.5 Å². The molecule has 1 unspecified atom stereocenters. The second-order valence-electron chi connectivity index (χ2n) is 7.41. The Morgan fingerprint density at radius 3 is 2.52 bits per heavy atom. The van der Waals surface area contributed by atoms with E-state index < -0.39 is 9.84 Å². The van der Waals surface area contributed by atoms with Crippen molar-refractivity contribution in [3.8, 4) is 0 Å². The molecule has 2 aliphatic rings. The smallest absolute Gasteiger partial charge is 0.289 e. The van der Waals surface area contributed by atoms with Crippen LogP contribution in [0.25, 0.3) is 0 Å². The Morgan fingerprint density at radius 1 is 1.23 bits per heavy atom. The second kappa shape index (κ2) is 11.7. The van der Waals surface area contributed by atoms with Crippen LogP contribution in [0.3, 0.4) is 0 Å². The van der Waals surface area contributed by atoms with Gasteiger partial charge >= 0.3 is 0 Å². The number of piperazine rings is 1. The lowest BCUT2D eigenvalue weighted by molar-refractivity contribution is -0.121. The van der Waals surface area contributed by atoms with Gasteiger partial charge in [0.15, 0.2) is 21.6 Å². The summed E-state index contributed by atoms with van der Waals surface area (Å²) in [6.45, 7) is 5.34. The van der Waals surface area contributed by atoms with Gasteiger partial charge in [0.25, 0.3) is 5.91 Å². The minimum Gasteiger partial charge on any atom is -0.459 e. The van der Waals surface area contributed by atoms with E-state index in [1.807, 2.05) is 6.92 Å². The summed E-state index contributed by atoms with van der Waals surface area (Å²) >= 11 is 0. The highest BCUT2D eigenvalue weighted by molar-refractivity contribution is 14.0. The molecule has 3 heterocycles. The number of aliphatic imine (C=N–C) groups is 1. The first kappa shape index (κ1) is 25.4. The van der Waals surface area contributed by atoms with Crippen LogP contribution in [-0.4, -0.2) is 92.8 Å². The zero-order chi connectivity index (χ0) is 21.6. The normalized spacial score (nSPS) is 20.8. The number of carbonyl (C=O) groups excluding carboxylic acids is 2. The van der Waals surface area contributed by atoms with Gasteiger partial charge < -0.3 is 24.9 Å². The molecule has 2 fully saturated rings. The van der Waals surface area contributed by atoms with Gasteiger partial charge in [0, 0.05) is 45.2 Å². The van der Waals surface area contributed by atoms with E-state index >= 15 is 0 Å². The summed E-state index contributed by atoms with van der Waals surface area (Å²) in [7, 11) is -3.01. The first-order valence-electron chi connectivity index (χ1n) is 10.2. The summed E-state index contributed by atoms with van der Waals surface area (Å²) in [5.74, 6) is 0.891. The predicted octanol–water partition coefficient (Wildman–Crippen LogP) is 0.314. The minimum atomic E-state index is -3.01. The molecule has 0 radical (unpaired) electrons. The molecular weight excluding hydrogens is 537 g/mol. The number of guanidine groups is 1. The number of rotatable bonds is 6. The fourth-order valence-electron chi connectivity index (χ4n) is 3.58. The van der Waals surface area contributed by atoms with Crippen LogP contribution in [0.15, 0.2) is 27.8 Å². The molecule has 10 nitrogen and oxygen atoms in total. The highest BCUT2D eigenvalue weighted by Crippen LogP contribution is 2.12. The molecule has 0 saturated carbocycles. The third-order valence-electron chi connectivity index (χ3n) is 5.13. The number of halogens is 1. The van der Waals surface area contributed by atoms with Gasteiger partial charge in [-0.2, -0.15) is 0 Å². The van der Waals surface area contributed by atoms with Gasteiger partial charge in [-0.3, -0.25) is 14.6 Å². The van der Waals surface area contributed by atoms with Gasteiger partial charge in [-0.25, -0.2) is 8.42 Å². The maximum absolute atomic E-state index is 12.4. The summed E-state index contributed by atoms with van der Waals surface area (Å²) in [5, 5.41) is 6.00. The lowest BCUT2D eigenvalue weighted by atomic mass is 10.2. The topological polar surface area (TPSA) is 124 Å². The zero-order valence-corrected chi connectivity index (χ0v) is 20.7. The van der Waals surface area contributed by atoms with Crippen LogP contribution < -0.4 is 10.6 Å². The number of furan rings is 1. The largest absolute Gasteiger partial charge is 0.459 e. The molecule has 2 N–H and O–H groups in total. The molecule has 31 heavy (non-hydrogen) atoms. The molecule has 1 aromatic heterocycles. The van der Waals surface area contributed by atoms with E-state index in [-0.39, 0.29) is 59.8 Å². The van der Waals surface area contributed by atoms with Crippen molar-refractivity contribution in [3.05, 3.63) is 24.2 Å². The van der Waals surface area contributed by atoms with E-state index in [0.717, 1.165) is 0 Å². The summed E-state index contributed by atoms with van der Waals surface area (Å²) < 4.78 is 28.2. The quantitative estimate of drug-likeness (QED) is 0.288. The summed E-state index contributed by atoms with van der Waals surface area (Å²) in [5.41, 5.74) is 0. The van der Waals surface area contributed by atoms with Gasteiger partial charge in [0.05, 0.1) is 24.3 Å². The molecule has 2 aliphatic heterocycles. The van der Waals surface area contributed by atoms with Crippen molar-refractivity contribution in [1.29, 1.82) is 0 Å². The number of nitrogens with one attached hydrogen (secondary N) is 2. The average Bonchev–Trinajstić information content (AvgIpc) is 3.36. The van der Waals surface area contributed by atoms with E-state index in [9.17, 15) is 18.0 Å². The molecule has 174 valence electrons. The Morgan fingerprint density at radius 2 is 1.94 bits per heavy atom. The molecule has 0 aromatic carbocycles. The lowest BCUT2D eigenvalue weighted by Crippen LogP contribution is -2.53. The number of carbonyl (C=O) groups is 2. The summed E-state index contributed by atoms with van der Waals surface area (Å²) in [6, 6.07) is 3.06. The van der Waals surface area contributed by atoms with Gasteiger partial charge in [0.1, 0.15) is 0 Å². The van der Waals surface area contributed by atoms with Crippen molar-refractivity contribution in [3.63, 3.8) is 0 Å². The highest BCUT2D eigenvalue weighted by Gasteiger charge is 2.29. The number of sulfone groups is 1. The minimum absolute atomic E-state index is 0. The van der Waals surface area contributed by atoms with Crippen LogP contribution in [0.1, 0.15) is 30.3 Å².